The molecule has 8 heteroatoms. The minimum Gasteiger partial charge on any atom is -0.382 e. The van der Waals surface area contributed by atoms with Crippen molar-refractivity contribution in [2.45, 2.75) is 51.4 Å². The molecule has 5 rings (SSSR count). The van der Waals surface area contributed by atoms with E-state index in [2.05, 4.69) is 26.6 Å². The van der Waals surface area contributed by atoms with Crippen molar-refractivity contribution >= 4 is 33.7 Å². The first-order valence-corrected chi connectivity index (χ1v) is 11.9. The van der Waals surface area contributed by atoms with Crippen molar-refractivity contribution < 1.29 is 4.79 Å². The predicted octanol–water partition coefficient (Wildman–Crippen LogP) is 5.30. The van der Waals surface area contributed by atoms with Crippen LogP contribution in [0.15, 0.2) is 42.9 Å². The van der Waals surface area contributed by atoms with E-state index in [0.717, 1.165) is 46.7 Å². The molecule has 7 nitrogen and oxygen atoms in total. The fourth-order valence-corrected chi connectivity index (χ4v) is 5.16. The summed E-state index contributed by atoms with van der Waals surface area (Å²) in [4.78, 5) is 27.4. The number of thiazole rings is 1. The maximum Gasteiger partial charge on any atom is 0.257 e. The van der Waals surface area contributed by atoms with Gasteiger partial charge in [-0.2, -0.15) is 0 Å². The van der Waals surface area contributed by atoms with E-state index in [-0.39, 0.29) is 5.91 Å². The predicted molar refractivity (Wildman–Crippen MR) is 128 cm³/mol. The van der Waals surface area contributed by atoms with E-state index in [1.54, 1.807) is 12.4 Å². The lowest BCUT2D eigenvalue weighted by molar-refractivity contribution is 0.102. The Labute approximate surface area is 190 Å². The molecule has 1 saturated carbocycles. The molecule has 0 bridgehead atoms. The van der Waals surface area contributed by atoms with Gasteiger partial charge in [-0.15, -0.1) is 11.3 Å². The maximum absolute atomic E-state index is 12.6. The molecular weight excluding hydrogens is 420 g/mol. The number of carbonyl (C=O) groups excluding carboxylic acids is 1. The molecule has 1 fully saturated rings. The van der Waals surface area contributed by atoms with Crippen LogP contribution in [0, 0.1) is 0 Å². The third kappa shape index (κ3) is 3.86. The van der Waals surface area contributed by atoms with Crippen LogP contribution in [0.4, 0.5) is 10.9 Å². The molecule has 3 heterocycles. The molecule has 4 aromatic rings. The number of nitrogen functional groups attached to an aromatic ring is 1. The highest BCUT2D eigenvalue weighted by atomic mass is 32.1. The summed E-state index contributed by atoms with van der Waals surface area (Å²) in [5.74, 6) is 1.78. The highest BCUT2D eigenvalue weighted by Gasteiger charge is 2.24. The first-order chi connectivity index (χ1) is 15.6. The largest absolute Gasteiger partial charge is 0.382 e. The van der Waals surface area contributed by atoms with Gasteiger partial charge in [-0.25, -0.2) is 15.0 Å². The summed E-state index contributed by atoms with van der Waals surface area (Å²) in [7, 11) is 0. The minimum atomic E-state index is -0.174. The number of fused-ring (bicyclic) bond motifs is 1. The van der Waals surface area contributed by atoms with E-state index in [1.807, 2.05) is 30.5 Å². The van der Waals surface area contributed by atoms with Gasteiger partial charge in [-0.05, 0) is 31.4 Å². The molecule has 0 atom stereocenters. The van der Waals surface area contributed by atoms with E-state index in [4.69, 9.17) is 10.7 Å². The number of amides is 1. The van der Waals surface area contributed by atoms with Gasteiger partial charge in [0.25, 0.3) is 5.91 Å². The number of aromatic nitrogens is 4. The summed E-state index contributed by atoms with van der Waals surface area (Å²) >= 11 is 1.50. The number of nitrogens with zero attached hydrogens (tertiary/aromatic N) is 4. The molecule has 1 amide bonds. The molecule has 0 radical (unpaired) electrons. The third-order valence-corrected chi connectivity index (χ3v) is 7.18. The van der Waals surface area contributed by atoms with Crippen molar-refractivity contribution in [3.63, 3.8) is 0 Å². The Hall–Kier alpha value is -3.26. The van der Waals surface area contributed by atoms with Crippen LogP contribution in [0.3, 0.4) is 0 Å². The molecule has 3 N–H and O–H groups in total. The second-order valence-corrected chi connectivity index (χ2v) is 9.32. The molecule has 0 unspecified atom stereocenters. The van der Waals surface area contributed by atoms with Crippen molar-refractivity contribution in [1.82, 2.24) is 19.4 Å². The number of rotatable bonds is 5. The fourth-order valence-electron chi connectivity index (χ4n) is 4.41. The van der Waals surface area contributed by atoms with Gasteiger partial charge in [0, 0.05) is 40.5 Å². The smallest absolute Gasteiger partial charge is 0.257 e. The second-order valence-electron chi connectivity index (χ2n) is 8.20. The monoisotopic (exact) mass is 446 g/mol. The zero-order valence-corrected chi connectivity index (χ0v) is 18.9. The second kappa shape index (κ2) is 8.70. The topological polar surface area (TPSA) is 98.2 Å². The lowest BCUT2D eigenvalue weighted by Crippen LogP contribution is -2.11. The molecule has 1 aliphatic rings. The summed E-state index contributed by atoms with van der Waals surface area (Å²) in [6, 6.07) is 7.48. The van der Waals surface area contributed by atoms with Crippen LogP contribution in [-0.2, 0) is 6.42 Å². The zero-order chi connectivity index (χ0) is 22.1. The molecular formula is C24H26N6OS. The number of anilines is 2. The Morgan fingerprint density at radius 3 is 2.69 bits per heavy atom. The fraction of sp³-hybridized carbons (Fsp3) is 0.333. The van der Waals surface area contributed by atoms with Gasteiger partial charge in [0.15, 0.2) is 5.13 Å². The third-order valence-electron chi connectivity index (χ3n) is 6.12. The number of benzene rings is 1. The number of nitrogens with two attached hydrogens (primary N) is 1. The van der Waals surface area contributed by atoms with E-state index < -0.39 is 0 Å². The molecule has 1 aliphatic carbocycles. The molecule has 1 aromatic carbocycles. The SMILES string of the molecule is CCc1cnc(NC(=O)c2ccc(-c3nc(C4CCCCC4)n4ccnc(N)c34)cc2)s1. The van der Waals surface area contributed by atoms with E-state index >= 15 is 0 Å². The summed E-state index contributed by atoms with van der Waals surface area (Å²) in [6.07, 6.45) is 12.4. The molecule has 0 saturated heterocycles. The Bertz CT molecular complexity index is 1250. The van der Waals surface area contributed by atoms with Crippen molar-refractivity contribution in [2.24, 2.45) is 0 Å². The lowest BCUT2D eigenvalue weighted by Gasteiger charge is -2.20. The Morgan fingerprint density at radius 1 is 1.19 bits per heavy atom. The number of imidazole rings is 1. The van der Waals surface area contributed by atoms with Gasteiger partial charge >= 0.3 is 0 Å². The van der Waals surface area contributed by atoms with E-state index in [1.165, 1.54) is 30.6 Å². The average Bonchev–Trinajstić information content (AvgIpc) is 3.45. The average molecular weight is 447 g/mol. The molecule has 164 valence electrons. The normalized spacial score (nSPS) is 14.7. The molecule has 0 aliphatic heterocycles. The first-order valence-electron chi connectivity index (χ1n) is 11.1. The van der Waals surface area contributed by atoms with Crippen LogP contribution in [0.2, 0.25) is 0 Å². The van der Waals surface area contributed by atoms with Gasteiger partial charge in [0.05, 0.1) is 0 Å². The maximum atomic E-state index is 12.6. The highest BCUT2D eigenvalue weighted by molar-refractivity contribution is 7.15. The number of hydrogen-bond donors (Lipinski definition) is 2. The van der Waals surface area contributed by atoms with Gasteiger partial charge in [0.1, 0.15) is 22.9 Å². The summed E-state index contributed by atoms with van der Waals surface area (Å²) < 4.78 is 2.10. The van der Waals surface area contributed by atoms with Crippen LogP contribution in [0.25, 0.3) is 16.8 Å². The summed E-state index contributed by atoms with van der Waals surface area (Å²) in [5.41, 5.74) is 9.41. The molecule has 32 heavy (non-hydrogen) atoms. The van der Waals surface area contributed by atoms with E-state index in [0.29, 0.717) is 22.4 Å². The minimum absolute atomic E-state index is 0.174. The van der Waals surface area contributed by atoms with Crippen LogP contribution in [0.1, 0.15) is 66.0 Å². The standard InChI is InChI=1S/C24H26N6OS/c1-2-18-14-27-24(32-18)29-23(31)17-10-8-15(9-11-17)19-20-21(25)26-12-13-30(20)22(28-19)16-6-4-3-5-7-16/h8-14,16H,2-7H2,1H3,(H2,25,26)(H,27,29,31). The Balaban J connectivity index is 1.45. The highest BCUT2D eigenvalue weighted by Crippen LogP contribution is 2.36. The lowest BCUT2D eigenvalue weighted by atomic mass is 9.89. The van der Waals surface area contributed by atoms with Crippen molar-refractivity contribution in [3.8, 4) is 11.3 Å². The number of hydrogen-bond acceptors (Lipinski definition) is 6. The summed E-state index contributed by atoms with van der Waals surface area (Å²) in [6.45, 7) is 2.07. The van der Waals surface area contributed by atoms with Gasteiger partial charge in [-0.3, -0.25) is 14.5 Å². The van der Waals surface area contributed by atoms with E-state index in [9.17, 15) is 4.79 Å². The van der Waals surface area contributed by atoms with Crippen molar-refractivity contribution in [3.05, 3.63) is 59.1 Å². The van der Waals surface area contributed by atoms with Gasteiger partial charge in [0.2, 0.25) is 0 Å². The Morgan fingerprint density at radius 2 is 1.97 bits per heavy atom. The van der Waals surface area contributed by atoms with Gasteiger partial charge in [-0.1, -0.05) is 38.3 Å². The molecule has 3 aromatic heterocycles. The summed E-state index contributed by atoms with van der Waals surface area (Å²) in [5, 5.41) is 3.49. The van der Waals surface area contributed by atoms with Gasteiger partial charge < -0.3 is 5.73 Å². The zero-order valence-electron chi connectivity index (χ0n) is 18.0. The van der Waals surface area contributed by atoms with Crippen LogP contribution in [-0.4, -0.2) is 25.3 Å². The van der Waals surface area contributed by atoms with Crippen LogP contribution < -0.4 is 11.1 Å². The van der Waals surface area contributed by atoms with Crippen molar-refractivity contribution in [2.75, 3.05) is 11.1 Å². The van der Waals surface area contributed by atoms with Crippen LogP contribution in [0.5, 0.6) is 0 Å². The van der Waals surface area contributed by atoms with Crippen molar-refractivity contribution in [1.29, 1.82) is 0 Å². The number of aryl methyl sites for hydroxylation is 1. The Kier molecular flexibility index (Phi) is 5.61. The number of carbonyl (C=O) groups is 1. The quantitative estimate of drug-likeness (QED) is 0.434. The van der Waals surface area contributed by atoms with Crippen LogP contribution >= 0.6 is 11.3 Å². The first kappa shape index (κ1) is 20.6. The molecule has 0 spiro atoms. The number of nitrogens with one attached hydrogen (secondary N) is 1.